The zero-order valence-electron chi connectivity index (χ0n) is 12.8. The van der Waals surface area contributed by atoms with Crippen LogP contribution in [0.15, 0.2) is 36.7 Å². The number of nitrogens with one attached hydrogen (secondary N) is 1. The minimum absolute atomic E-state index is 0.0233. The number of aromatic nitrogens is 2. The van der Waals surface area contributed by atoms with Gasteiger partial charge in [0.2, 0.25) is 5.95 Å². The van der Waals surface area contributed by atoms with E-state index in [9.17, 15) is 4.79 Å². The summed E-state index contributed by atoms with van der Waals surface area (Å²) in [7, 11) is 0. The van der Waals surface area contributed by atoms with Crippen LogP contribution in [0.3, 0.4) is 0 Å². The number of hydrogen-bond acceptors (Lipinski definition) is 4. The molecular formula is C17H19ClN4O. The van der Waals surface area contributed by atoms with Crippen molar-refractivity contribution in [1.29, 1.82) is 0 Å². The van der Waals surface area contributed by atoms with E-state index in [1.54, 1.807) is 12.4 Å². The molecule has 2 aromatic rings. The maximum absolute atomic E-state index is 12.2. The van der Waals surface area contributed by atoms with Crippen LogP contribution in [0.2, 0.25) is 5.02 Å². The van der Waals surface area contributed by atoms with Crippen LogP contribution in [0.25, 0.3) is 0 Å². The highest BCUT2D eigenvalue weighted by Gasteiger charge is 2.19. The van der Waals surface area contributed by atoms with Gasteiger partial charge in [0.15, 0.2) is 0 Å². The number of rotatable bonds is 5. The topological polar surface area (TPSA) is 58.1 Å². The minimum Gasteiger partial charge on any atom is -0.354 e. The molecule has 1 aliphatic rings. The standard InChI is InChI=1S/C17H19ClN4O/c18-15-5-3-13(4-6-15)7-8-19-17-20-11-14(12-21-17)16(23)22-9-1-2-10-22/h3-6,11-12H,1-2,7-10H2,(H,19,20,21). The van der Waals surface area contributed by atoms with Crippen molar-refractivity contribution >= 4 is 23.5 Å². The molecule has 120 valence electrons. The van der Waals surface area contributed by atoms with E-state index in [0.717, 1.165) is 43.9 Å². The lowest BCUT2D eigenvalue weighted by atomic mass is 10.1. The van der Waals surface area contributed by atoms with Gasteiger partial charge in [-0.15, -0.1) is 0 Å². The Morgan fingerprint density at radius 1 is 1.13 bits per heavy atom. The number of amides is 1. The van der Waals surface area contributed by atoms with Crippen molar-refractivity contribution < 1.29 is 4.79 Å². The van der Waals surface area contributed by atoms with Crippen LogP contribution in [0, 0.1) is 0 Å². The van der Waals surface area contributed by atoms with Gasteiger partial charge in [0.25, 0.3) is 5.91 Å². The molecule has 1 aromatic heterocycles. The molecule has 6 heteroatoms. The van der Waals surface area contributed by atoms with Gasteiger partial charge < -0.3 is 10.2 Å². The van der Waals surface area contributed by atoms with Gasteiger partial charge in [0, 0.05) is 37.1 Å². The highest BCUT2D eigenvalue weighted by molar-refractivity contribution is 6.30. The van der Waals surface area contributed by atoms with E-state index in [1.807, 2.05) is 29.2 Å². The molecule has 5 nitrogen and oxygen atoms in total. The second-order valence-electron chi connectivity index (χ2n) is 5.60. The molecule has 0 spiro atoms. The second kappa shape index (κ2) is 7.42. The van der Waals surface area contributed by atoms with Gasteiger partial charge in [-0.2, -0.15) is 0 Å². The van der Waals surface area contributed by atoms with Gasteiger partial charge in [-0.25, -0.2) is 9.97 Å². The average molecular weight is 331 g/mol. The SMILES string of the molecule is O=C(c1cnc(NCCc2ccc(Cl)cc2)nc1)N1CCCC1. The monoisotopic (exact) mass is 330 g/mol. The molecule has 1 aliphatic heterocycles. The fraction of sp³-hybridized carbons (Fsp3) is 0.353. The first-order valence-corrected chi connectivity index (χ1v) is 8.20. The Labute approximate surface area is 140 Å². The summed E-state index contributed by atoms with van der Waals surface area (Å²) in [6.45, 7) is 2.39. The number of carbonyl (C=O) groups is 1. The fourth-order valence-electron chi connectivity index (χ4n) is 2.60. The van der Waals surface area contributed by atoms with Gasteiger partial charge >= 0.3 is 0 Å². The number of likely N-dealkylation sites (tertiary alicyclic amines) is 1. The third-order valence-corrected chi connectivity index (χ3v) is 4.15. The smallest absolute Gasteiger partial charge is 0.256 e. The number of benzene rings is 1. The summed E-state index contributed by atoms with van der Waals surface area (Å²) in [6, 6.07) is 7.77. The number of nitrogens with zero attached hydrogens (tertiary/aromatic N) is 3. The average Bonchev–Trinajstić information content (AvgIpc) is 3.11. The molecule has 0 atom stereocenters. The lowest BCUT2D eigenvalue weighted by molar-refractivity contribution is 0.0792. The van der Waals surface area contributed by atoms with Gasteiger partial charge in [-0.1, -0.05) is 23.7 Å². The van der Waals surface area contributed by atoms with Crippen molar-refractivity contribution in [3.8, 4) is 0 Å². The Balaban J connectivity index is 1.51. The molecular weight excluding hydrogens is 312 g/mol. The molecule has 3 rings (SSSR count). The predicted molar refractivity (Wildman–Crippen MR) is 90.8 cm³/mol. The van der Waals surface area contributed by atoms with E-state index in [4.69, 9.17) is 11.6 Å². The molecule has 0 saturated carbocycles. The van der Waals surface area contributed by atoms with Gasteiger partial charge in [0.1, 0.15) is 0 Å². The highest BCUT2D eigenvalue weighted by Crippen LogP contribution is 2.13. The van der Waals surface area contributed by atoms with Crippen LogP contribution in [0.1, 0.15) is 28.8 Å². The molecule has 1 saturated heterocycles. The first-order valence-electron chi connectivity index (χ1n) is 7.82. The normalized spacial score (nSPS) is 14.0. The van der Waals surface area contributed by atoms with E-state index in [2.05, 4.69) is 15.3 Å². The molecule has 1 N–H and O–H groups in total. The van der Waals surface area contributed by atoms with Crippen LogP contribution < -0.4 is 5.32 Å². The lowest BCUT2D eigenvalue weighted by Crippen LogP contribution is -2.27. The minimum atomic E-state index is 0.0233. The van der Waals surface area contributed by atoms with Gasteiger partial charge in [-0.05, 0) is 37.0 Å². The molecule has 1 fully saturated rings. The van der Waals surface area contributed by atoms with Gasteiger partial charge in [0.05, 0.1) is 5.56 Å². The number of carbonyl (C=O) groups excluding carboxylic acids is 1. The number of halogens is 1. The number of anilines is 1. The van der Waals surface area contributed by atoms with E-state index in [0.29, 0.717) is 11.5 Å². The molecule has 0 aliphatic carbocycles. The Bertz CT molecular complexity index is 651. The summed E-state index contributed by atoms with van der Waals surface area (Å²) >= 11 is 5.86. The van der Waals surface area contributed by atoms with Crippen molar-refractivity contribution in [3.05, 3.63) is 52.8 Å². The third kappa shape index (κ3) is 4.20. The summed E-state index contributed by atoms with van der Waals surface area (Å²) in [4.78, 5) is 22.5. The summed E-state index contributed by atoms with van der Waals surface area (Å²) in [5.74, 6) is 0.562. The molecule has 23 heavy (non-hydrogen) atoms. The molecule has 2 heterocycles. The van der Waals surface area contributed by atoms with Crippen LogP contribution in [-0.2, 0) is 6.42 Å². The van der Waals surface area contributed by atoms with E-state index < -0.39 is 0 Å². The molecule has 0 bridgehead atoms. The molecule has 0 radical (unpaired) electrons. The summed E-state index contributed by atoms with van der Waals surface area (Å²) in [5.41, 5.74) is 1.75. The maximum Gasteiger partial charge on any atom is 0.256 e. The number of hydrogen-bond donors (Lipinski definition) is 1. The Kier molecular flexibility index (Phi) is 5.08. The van der Waals surface area contributed by atoms with Crippen molar-refractivity contribution in [3.63, 3.8) is 0 Å². The third-order valence-electron chi connectivity index (χ3n) is 3.90. The quantitative estimate of drug-likeness (QED) is 0.915. The fourth-order valence-corrected chi connectivity index (χ4v) is 2.73. The Morgan fingerprint density at radius 3 is 2.43 bits per heavy atom. The second-order valence-corrected chi connectivity index (χ2v) is 6.03. The van der Waals surface area contributed by atoms with Crippen LogP contribution >= 0.6 is 11.6 Å². The van der Waals surface area contributed by atoms with Crippen molar-refractivity contribution in [2.75, 3.05) is 25.0 Å². The Morgan fingerprint density at radius 2 is 1.78 bits per heavy atom. The van der Waals surface area contributed by atoms with Gasteiger partial charge in [-0.3, -0.25) is 4.79 Å². The van der Waals surface area contributed by atoms with Crippen LogP contribution in [0.5, 0.6) is 0 Å². The maximum atomic E-state index is 12.2. The van der Waals surface area contributed by atoms with Crippen LogP contribution in [-0.4, -0.2) is 40.4 Å². The van der Waals surface area contributed by atoms with Crippen LogP contribution in [0.4, 0.5) is 5.95 Å². The molecule has 0 unspecified atom stereocenters. The molecule has 1 aromatic carbocycles. The predicted octanol–water partition coefficient (Wildman–Crippen LogP) is 3.02. The lowest BCUT2D eigenvalue weighted by Gasteiger charge is -2.14. The Hall–Kier alpha value is -2.14. The van der Waals surface area contributed by atoms with E-state index >= 15 is 0 Å². The van der Waals surface area contributed by atoms with E-state index in [-0.39, 0.29) is 5.91 Å². The highest BCUT2D eigenvalue weighted by atomic mass is 35.5. The summed E-state index contributed by atoms with van der Waals surface area (Å²) in [5, 5.41) is 3.90. The first-order chi connectivity index (χ1) is 11.2. The largest absolute Gasteiger partial charge is 0.354 e. The van der Waals surface area contributed by atoms with Crippen molar-refractivity contribution in [2.24, 2.45) is 0 Å². The van der Waals surface area contributed by atoms with Crippen molar-refractivity contribution in [1.82, 2.24) is 14.9 Å². The summed E-state index contributed by atoms with van der Waals surface area (Å²) in [6.07, 6.45) is 6.21. The first kappa shape index (κ1) is 15.7. The molecule has 1 amide bonds. The summed E-state index contributed by atoms with van der Waals surface area (Å²) < 4.78 is 0. The zero-order valence-corrected chi connectivity index (χ0v) is 13.6. The van der Waals surface area contributed by atoms with Crippen molar-refractivity contribution in [2.45, 2.75) is 19.3 Å². The zero-order chi connectivity index (χ0) is 16.1. The van der Waals surface area contributed by atoms with E-state index in [1.165, 1.54) is 5.56 Å².